The molecule has 0 saturated carbocycles. The molecule has 2 N–H and O–H groups in total. The Balaban J connectivity index is 1.47. The highest BCUT2D eigenvalue weighted by atomic mass is 15.2. The Morgan fingerprint density at radius 3 is 2.10 bits per heavy atom. The van der Waals surface area contributed by atoms with Crippen LogP contribution in [0.15, 0.2) is 24.3 Å². The summed E-state index contributed by atoms with van der Waals surface area (Å²) >= 11 is 0. The van der Waals surface area contributed by atoms with Crippen molar-refractivity contribution in [1.82, 2.24) is 0 Å². The fourth-order valence-electron chi connectivity index (χ4n) is 4.20. The van der Waals surface area contributed by atoms with Crippen molar-refractivity contribution in [1.29, 1.82) is 0 Å². The first kappa shape index (κ1) is 15.1. The normalized spacial score (nSPS) is 28.2. The number of likely N-dealkylation sites (tertiary alicyclic amines) is 2. The second-order valence-electron chi connectivity index (χ2n) is 7.26. The molecule has 0 spiro atoms. The Hall–Kier alpha value is -0.860. The van der Waals surface area contributed by atoms with Crippen molar-refractivity contribution >= 4 is 0 Å². The zero-order valence-corrected chi connectivity index (χ0v) is 13.7. The second-order valence-corrected chi connectivity index (χ2v) is 7.26. The van der Waals surface area contributed by atoms with E-state index in [2.05, 4.69) is 31.2 Å². The Labute approximate surface area is 130 Å². The second kappa shape index (κ2) is 7.42. The highest BCUT2D eigenvalue weighted by molar-refractivity contribution is 5.20. The van der Waals surface area contributed by atoms with Crippen molar-refractivity contribution in [2.45, 2.75) is 58.0 Å². The summed E-state index contributed by atoms with van der Waals surface area (Å²) in [7, 11) is 0. The van der Waals surface area contributed by atoms with Crippen LogP contribution in [0.2, 0.25) is 0 Å². The van der Waals surface area contributed by atoms with Crippen molar-refractivity contribution in [3.63, 3.8) is 0 Å². The molecule has 2 fully saturated rings. The van der Waals surface area contributed by atoms with E-state index >= 15 is 0 Å². The van der Waals surface area contributed by atoms with Gasteiger partial charge in [-0.1, -0.05) is 29.8 Å². The number of hydrogen-bond donors (Lipinski definition) is 2. The summed E-state index contributed by atoms with van der Waals surface area (Å²) in [6.45, 7) is 9.04. The lowest BCUT2D eigenvalue weighted by Crippen LogP contribution is -3.20. The van der Waals surface area contributed by atoms with Crippen LogP contribution in [-0.4, -0.2) is 32.2 Å². The molecule has 3 rings (SSSR count). The summed E-state index contributed by atoms with van der Waals surface area (Å²) in [5, 5.41) is 0. The van der Waals surface area contributed by atoms with Crippen molar-refractivity contribution < 1.29 is 9.80 Å². The molecule has 1 aromatic rings. The van der Waals surface area contributed by atoms with E-state index in [1.54, 1.807) is 4.90 Å². The average Bonchev–Trinajstić information content (AvgIpc) is 2.80. The quantitative estimate of drug-likeness (QED) is 0.821. The number of piperidine rings is 1. The molecular weight excluding hydrogens is 256 g/mol. The van der Waals surface area contributed by atoms with E-state index in [0.717, 1.165) is 6.04 Å². The molecule has 2 aliphatic rings. The molecule has 0 atom stereocenters. The minimum absolute atomic E-state index is 0.963. The molecular formula is C19H32N2+2. The number of benzene rings is 1. The van der Waals surface area contributed by atoms with Crippen molar-refractivity contribution in [2.75, 3.05) is 26.2 Å². The summed E-state index contributed by atoms with van der Waals surface area (Å²) < 4.78 is 0. The lowest BCUT2D eigenvalue weighted by molar-refractivity contribution is -0.963. The number of quaternary nitrogens is 2. The van der Waals surface area contributed by atoms with Crippen LogP contribution in [-0.2, 0) is 6.54 Å². The largest absolute Gasteiger partial charge is 0.332 e. The van der Waals surface area contributed by atoms with Gasteiger partial charge >= 0.3 is 0 Å². The first-order chi connectivity index (χ1) is 10.3. The molecule has 2 aliphatic heterocycles. The molecule has 2 heteroatoms. The first-order valence-electron chi connectivity index (χ1n) is 9.05. The average molecular weight is 288 g/mol. The van der Waals surface area contributed by atoms with Gasteiger partial charge in [-0.05, 0) is 32.6 Å². The van der Waals surface area contributed by atoms with Gasteiger partial charge in [-0.2, -0.15) is 0 Å². The van der Waals surface area contributed by atoms with E-state index in [-0.39, 0.29) is 0 Å². The van der Waals surface area contributed by atoms with E-state index in [0.29, 0.717) is 0 Å². The van der Waals surface area contributed by atoms with Gasteiger partial charge in [0.25, 0.3) is 0 Å². The minimum Gasteiger partial charge on any atom is -0.332 e. The zero-order chi connectivity index (χ0) is 14.5. The maximum Gasteiger partial charge on any atom is 0.103 e. The van der Waals surface area contributed by atoms with Gasteiger partial charge in [0.1, 0.15) is 6.54 Å². The summed E-state index contributed by atoms with van der Waals surface area (Å²) in [6, 6.07) is 10.1. The summed E-state index contributed by atoms with van der Waals surface area (Å²) in [6.07, 6.45) is 8.76. The Morgan fingerprint density at radius 1 is 0.857 bits per heavy atom. The Bertz CT molecular complexity index is 410. The van der Waals surface area contributed by atoms with Gasteiger partial charge in [-0.3, -0.25) is 0 Å². The van der Waals surface area contributed by atoms with Gasteiger partial charge in [-0.25, -0.2) is 0 Å². The molecule has 0 bridgehead atoms. The first-order valence-corrected chi connectivity index (χ1v) is 9.05. The SMILES string of the molecule is Cc1ccc(C[NH+]2CCC([NH+]3CCCCCC3)CC2)cc1. The van der Waals surface area contributed by atoms with E-state index in [9.17, 15) is 0 Å². The van der Waals surface area contributed by atoms with Crippen LogP contribution in [0.3, 0.4) is 0 Å². The maximum atomic E-state index is 2.31. The maximum absolute atomic E-state index is 2.31. The van der Waals surface area contributed by atoms with Gasteiger partial charge in [0.15, 0.2) is 0 Å². The summed E-state index contributed by atoms with van der Waals surface area (Å²) in [5.74, 6) is 0. The van der Waals surface area contributed by atoms with Crippen molar-refractivity contribution in [3.8, 4) is 0 Å². The number of nitrogens with one attached hydrogen (secondary N) is 2. The van der Waals surface area contributed by atoms with Crippen LogP contribution in [0.25, 0.3) is 0 Å². The number of aryl methyl sites for hydroxylation is 1. The van der Waals surface area contributed by atoms with Crippen molar-refractivity contribution in [3.05, 3.63) is 35.4 Å². The molecule has 0 aromatic heterocycles. The molecule has 2 nitrogen and oxygen atoms in total. The third kappa shape index (κ3) is 4.31. The predicted molar refractivity (Wildman–Crippen MR) is 87.8 cm³/mol. The summed E-state index contributed by atoms with van der Waals surface area (Å²) in [5.41, 5.74) is 2.88. The molecule has 0 aliphatic carbocycles. The summed E-state index contributed by atoms with van der Waals surface area (Å²) in [4.78, 5) is 3.73. The molecule has 0 amide bonds. The van der Waals surface area contributed by atoms with E-state index in [1.165, 1.54) is 82.4 Å². The van der Waals surface area contributed by atoms with Crippen LogP contribution in [0.1, 0.15) is 49.7 Å². The van der Waals surface area contributed by atoms with Gasteiger partial charge in [-0.15, -0.1) is 0 Å². The number of rotatable bonds is 3. The van der Waals surface area contributed by atoms with Crippen LogP contribution in [0, 0.1) is 6.92 Å². The Morgan fingerprint density at radius 2 is 1.48 bits per heavy atom. The zero-order valence-electron chi connectivity index (χ0n) is 13.7. The number of hydrogen-bond acceptors (Lipinski definition) is 0. The van der Waals surface area contributed by atoms with E-state index in [1.807, 2.05) is 4.90 Å². The molecule has 21 heavy (non-hydrogen) atoms. The lowest BCUT2D eigenvalue weighted by atomic mass is 10.0. The van der Waals surface area contributed by atoms with Crippen LogP contribution in [0.4, 0.5) is 0 Å². The van der Waals surface area contributed by atoms with Gasteiger partial charge in [0.05, 0.1) is 32.2 Å². The topological polar surface area (TPSA) is 8.88 Å². The fraction of sp³-hybridized carbons (Fsp3) is 0.684. The molecule has 2 heterocycles. The molecule has 2 saturated heterocycles. The minimum atomic E-state index is 0.963. The lowest BCUT2D eigenvalue weighted by Gasteiger charge is -2.34. The van der Waals surface area contributed by atoms with Crippen LogP contribution in [0.5, 0.6) is 0 Å². The monoisotopic (exact) mass is 288 g/mol. The fourth-order valence-corrected chi connectivity index (χ4v) is 4.20. The predicted octanol–water partition coefficient (Wildman–Crippen LogP) is 1.00. The van der Waals surface area contributed by atoms with Crippen LogP contribution >= 0.6 is 0 Å². The Kier molecular flexibility index (Phi) is 5.32. The molecule has 1 aromatic carbocycles. The van der Waals surface area contributed by atoms with Crippen LogP contribution < -0.4 is 9.80 Å². The third-order valence-electron chi connectivity index (χ3n) is 5.59. The van der Waals surface area contributed by atoms with E-state index < -0.39 is 0 Å². The molecule has 116 valence electrons. The van der Waals surface area contributed by atoms with E-state index in [4.69, 9.17) is 0 Å². The highest BCUT2D eigenvalue weighted by Gasteiger charge is 2.30. The van der Waals surface area contributed by atoms with Gasteiger partial charge in [0.2, 0.25) is 0 Å². The third-order valence-corrected chi connectivity index (χ3v) is 5.59. The van der Waals surface area contributed by atoms with Crippen molar-refractivity contribution in [2.24, 2.45) is 0 Å². The molecule has 0 radical (unpaired) electrons. The standard InChI is InChI=1S/C19H30N2/c1-17-6-8-18(9-7-17)16-20-14-10-19(11-15-20)21-12-4-2-3-5-13-21/h6-9,19H,2-5,10-16H2,1H3/p+2. The smallest absolute Gasteiger partial charge is 0.103 e. The highest BCUT2D eigenvalue weighted by Crippen LogP contribution is 2.05. The van der Waals surface area contributed by atoms with Gasteiger partial charge < -0.3 is 9.80 Å². The molecule has 0 unspecified atom stereocenters. The van der Waals surface area contributed by atoms with Gasteiger partial charge in [0, 0.05) is 18.4 Å².